The average Bonchev–Trinajstić information content (AvgIpc) is 2.98. The standard InChI is InChI=1S/C13H21N3OS/c1-3-13-16-11(8-18-13)9(2)15-12(17)7-10-5-4-6-14-10/h8-10,14H,3-7H2,1-2H3,(H,15,17). The summed E-state index contributed by atoms with van der Waals surface area (Å²) >= 11 is 1.66. The SMILES string of the molecule is CCc1nc(C(C)NC(=O)CC2CCCN2)cs1. The molecule has 0 saturated carbocycles. The second kappa shape index (κ2) is 6.29. The summed E-state index contributed by atoms with van der Waals surface area (Å²) in [5, 5.41) is 9.53. The van der Waals surface area contributed by atoms with Crippen molar-refractivity contribution in [1.29, 1.82) is 0 Å². The van der Waals surface area contributed by atoms with Crippen LogP contribution >= 0.6 is 11.3 Å². The van der Waals surface area contributed by atoms with E-state index in [0.717, 1.165) is 30.1 Å². The molecule has 18 heavy (non-hydrogen) atoms. The van der Waals surface area contributed by atoms with Crippen LogP contribution in [0.25, 0.3) is 0 Å². The highest BCUT2D eigenvalue weighted by molar-refractivity contribution is 7.09. The number of nitrogens with zero attached hydrogens (tertiary/aromatic N) is 1. The van der Waals surface area contributed by atoms with Crippen LogP contribution in [0.3, 0.4) is 0 Å². The zero-order chi connectivity index (χ0) is 13.0. The van der Waals surface area contributed by atoms with E-state index < -0.39 is 0 Å². The van der Waals surface area contributed by atoms with Crippen molar-refractivity contribution in [3.05, 3.63) is 16.1 Å². The molecule has 100 valence electrons. The van der Waals surface area contributed by atoms with Crippen LogP contribution in [0.2, 0.25) is 0 Å². The van der Waals surface area contributed by atoms with Crippen molar-refractivity contribution in [1.82, 2.24) is 15.6 Å². The fourth-order valence-corrected chi connectivity index (χ4v) is 3.05. The van der Waals surface area contributed by atoms with Gasteiger partial charge >= 0.3 is 0 Å². The van der Waals surface area contributed by atoms with Crippen molar-refractivity contribution in [2.75, 3.05) is 6.54 Å². The number of rotatable bonds is 5. The molecular weight excluding hydrogens is 246 g/mol. The number of carbonyl (C=O) groups is 1. The third-order valence-corrected chi connectivity index (χ3v) is 4.30. The fourth-order valence-electron chi connectivity index (χ4n) is 2.22. The van der Waals surface area contributed by atoms with Gasteiger partial charge < -0.3 is 10.6 Å². The lowest BCUT2D eigenvalue weighted by atomic mass is 10.1. The summed E-state index contributed by atoms with van der Waals surface area (Å²) in [6.07, 6.45) is 3.82. The van der Waals surface area contributed by atoms with Gasteiger partial charge in [0.25, 0.3) is 0 Å². The maximum Gasteiger partial charge on any atom is 0.222 e. The molecule has 5 heteroatoms. The van der Waals surface area contributed by atoms with Gasteiger partial charge in [-0.3, -0.25) is 4.79 Å². The smallest absolute Gasteiger partial charge is 0.222 e. The van der Waals surface area contributed by atoms with Gasteiger partial charge in [0.1, 0.15) is 0 Å². The number of nitrogens with one attached hydrogen (secondary N) is 2. The summed E-state index contributed by atoms with van der Waals surface area (Å²) in [6, 6.07) is 0.370. The van der Waals surface area contributed by atoms with Gasteiger partial charge in [-0.1, -0.05) is 6.92 Å². The van der Waals surface area contributed by atoms with E-state index in [1.807, 2.05) is 12.3 Å². The van der Waals surface area contributed by atoms with Gasteiger partial charge in [-0.05, 0) is 32.7 Å². The molecule has 2 rings (SSSR count). The molecular formula is C13H21N3OS. The number of aryl methyl sites for hydroxylation is 1. The molecule has 1 aromatic heterocycles. The van der Waals surface area contributed by atoms with Crippen LogP contribution in [-0.2, 0) is 11.2 Å². The molecule has 4 nitrogen and oxygen atoms in total. The quantitative estimate of drug-likeness (QED) is 0.858. The molecule has 0 radical (unpaired) electrons. The largest absolute Gasteiger partial charge is 0.348 e. The van der Waals surface area contributed by atoms with Gasteiger partial charge in [0.15, 0.2) is 0 Å². The minimum Gasteiger partial charge on any atom is -0.348 e. The Kier molecular flexibility index (Phi) is 4.72. The predicted molar refractivity (Wildman–Crippen MR) is 73.7 cm³/mol. The number of carbonyl (C=O) groups excluding carboxylic acids is 1. The van der Waals surface area contributed by atoms with E-state index in [1.165, 1.54) is 6.42 Å². The normalized spacial score (nSPS) is 20.9. The van der Waals surface area contributed by atoms with Crippen molar-refractivity contribution >= 4 is 17.2 Å². The molecule has 0 bridgehead atoms. The van der Waals surface area contributed by atoms with Crippen LogP contribution in [0.1, 0.15) is 49.9 Å². The zero-order valence-corrected chi connectivity index (χ0v) is 11.8. The van der Waals surface area contributed by atoms with Gasteiger partial charge in [-0.25, -0.2) is 4.98 Å². The molecule has 2 N–H and O–H groups in total. The van der Waals surface area contributed by atoms with Gasteiger partial charge in [0.05, 0.1) is 16.7 Å². The van der Waals surface area contributed by atoms with Crippen LogP contribution in [-0.4, -0.2) is 23.5 Å². The highest BCUT2D eigenvalue weighted by atomic mass is 32.1. The van der Waals surface area contributed by atoms with Crippen molar-refractivity contribution in [2.45, 2.75) is 51.6 Å². The van der Waals surface area contributed by atoms with Crippen molar-refractivity contribution in [3.63, 3.8) is 0 Å². The van der Waals surface area contributed by atoms with E-state index in [-0.39, 0.29) is 11.9 Å². The van der Waals surface area contributed by atoms with Crippen LogP contribution in [0.5, 0.6) is 0 Å². The Morgan fingerprint density at radius 1 is 1.72 bits per heavy atom. The number of hydrogen-bond acceptors (Lipinski definition) is 4. The lowest BCUT2D eigenvalue weighted by Gasteiger charge is -2.14. The molecule has 1 amide bonds. The van der Waals surface area contributed by atoms with E-state index in [4.69, 9.17) is 0 Å². The molecule has 2 unspecified atom stereocenters. The third kappa shape index (κ3) is 3.53. The summed E-state index contributed by atoms with van der Waals surface area (Å²) in [7, 11) is 0. The first-order valence-electron chi connectivity index (χ1n) is 6.66. The first-order valence-corrected chi connectivity index (χ1v) is 7.54. The number of amides is 1. The lowest BCUT2D eigenvalue weighted by molar-refractivity contribution is -0.122. The molecule has 1 aliphatic rings. The second-order valence-corrected chi connectivity index (χ2v) is 5.75. The summed E-state index contributed by atoms with van der Waals surface area (Å²) in [6.45, 7) is 5.13. The van der Waals surface area contributed by atoms with Gasteiger partial charge in [-0.15, -0.1) is 11.3 Å². The predicted octanol–water partition coefficient (Wildman–Crippen LogP) is 2.02. The van der Waals surface area contributed by atoms with Gasteiger partial charge in [0.2, 0.25) is 5.91 Å². The minimum atomic E-state index is 0.00968. The summed E-state index contributed by atoms with van der Waals surface area (Å²) < 4.78 is 0. The molecule has 1 fully saturated rings. The van der Waals surface area contributed by atoms with E-state index in [9.17, 15) is 4.79 Å². The first-order chi connectivity index (χ1) is 8.69. The van der Waals surface area contributed by atoms with Crippen LogP contribution in [0, 0.1) is 0 Å². The van der Waals surface area contributed by atoms with E-state index in [1.54, 1.807) is 11.3 Å². The fraction of sp³-hybridized carbons (Fsp3) is 0.692. The number of thiazole rings is 1. The van der Waals surface area contributed by atoms with E-state index in [2.05, 4.69) is 22.5 Å². The lowest BCUT2D eigenvalue weighted by Crippen LogP contribution is -2.33. The van der Waals surface area contributed by atoms with Crippen LogP contribution < -0.4 is 10.6 Å². The third-order valence-electron chi connectivity index (χ3n) is 3.29. The summed E-state index contributed by atoms with van der Waals surface area (Å²) in [5.74, 6) is 0.118. The van der Waals surface area contributed by atoms with Crippen molar-refractivity contribution < 1.29 is 4.79 Å². The average molecular weight is 267 g/mol. The van der Waals surface area contributed by atoms with Gasteiger partial charge in [0, 0.05) is 17.8 Å². The Labute approximate surface area is 112 Å². The molecule has 0 spiro atoms. The number of hydrogen-bond donors (Lipinski definition) is 2. The van der Waals surface area contributed by atoms with E-state index >= 15 is 0 Å². The molecule has 1 aromatic rings. The maximum absolute atomic E-state index is 11.9. The minimum absolute atomic E-state index is 0.00968. The molecule has 2 atom stereocenters. The first kappa shape index (κ1) is 13.5. The van der Waals surface area contributed by atoms with Crippen LogP contribution in [0.4, 0.5) is 0 Å². The number of aromatic nitrogens is 1. The molecule has 2 heterocycles. The van der Waals surface area contributed by atoms with Crippen LogP contribution in [0.15, 0.2) is 5.38 Å². The summed E-state index contributed by atoms with van der Waals surface area (Å²) in [5.41, 5.74) is 0.976. The topological polar surface area (TPSA) is 54.0 Å². The zero-order valence-electron chi connectivity index (χ0n) is 11.0. The Morgan fingerprint density at radius 2 is 2.56 bits per heavy atom. The van der Waals surface area contributed by atoms with E-state index in [0.29, 0.717) is 12.5 Å². The molecule has 0 aliphatic carbocycles. The Bertz CT molecular complexity index is 399. The highest BCUT2D eigenvalue weighted by Crippen LogP contribution is 2.17. The van der Waals surface area contributed by atoms with Gasteiger partial charge in [-0.2, -0.15) is 0 Å². The molecule has 0 aromatic carbocycles. The van der Waals surface area contributed by atoms with Crippen molar-refractivity contribution in [3.8, 4) is 0 Å². The summed E-state index contributed by atoms with van der Waals surface area (Å²) in [4.78, 5) is 16.4. The monoisotopic (exact) mass is 267 g/mol. The molecule has 1 aliphatic heterocycles. The molecule has 1 saturated heterocycles. The second-order valence-electron chi connectivity index (χ2n) is 4.81. The Morgan fingerprint density at radius 3 is 3.17 bits per heavy atom. The maximum atomic E-state index is 11.9. The Balaban J connectivity index is 1.82. The Hall–Kier alpha value is -0.940. The van der Waals surface area contributed by atoms with Crippen molar-refractivity contribution in [2.24, 2.45) is 0 Å². The highest BCUT2D eigenvalue weighted by Gasteiger charge is 2.19.